The molecule has 2 unspecified atom stereocenters. The molecule has 1 saturated heterocycles. The van der Waals surface area contributed by atoms with Gasteiger partial charge in [-0.25, -0.2) is 14.4 Å². The van der Waals surface area contributed by atoms with Gasteiger partial charge in [0, 0.05) is 36.5 Å². The maximum absolute atomic E-state index is 14.1. The molecule has 0 spiro atoms. The Balaban J connectivity index is 1.03. The lowest BCUT2D eigenvalue weighted by Gasteiger charge is -2.38. The number of likely N-dealkylation sites (tertiary alicyclic amines) is 1. The Morgan fingerprint density at radius 3 is 2.36 bits per heavy atom. The van der Waals surface area contributed by atoms with E-state index < -0.39 is 18.6 Å². The number of alkyl halides is 3. The van der Waals surface area contributed by atoms with Gasteiger partial charge in [0.25, 0.3) is 5.91 Å². The van der Waals surface area contributed by atoms with Crippen molar-refractivity contribution >= 4 is 39.5 Å². The maximum Gasteiger partial charge on any atom is 0.411 e. The molecule has 1 aliphatic rings. The van der Waals surface area contributed by atoms with Crippen molar-refractivity contribution in [1.29, 1.82) is 0 Å². The number of halogens is 4. The molecule has 0 saturated carbocycles. The highest BCUT2D eigenvalue weighted by molar-refractivity contribution is 6.15. The molecule has 2 atom stereocenters. The largest absolute Gasteiger partial charge is 0.411 e. The number of piperidine rings is 1. The van der Waals surface area contributed by atoms with Crippen molar-refractivity contribution in [3.8, 4) is 0 Å². The summed E-state index contributed by atoms with van der Waals surface area (Å²) < 4.78 is 58.5. The van der Waals surface area contributed by atoms with E-state index in [1.165, 1.54) is 12.1 Å². The van der Waals surface area contributed by atoms with Gasteiger partial charge in [-0.2, -0.15) is 13.2 Å². The molecule has 0 radical (unpaired) electrons. The van der Waals surface area contributed by atoms with Gasteiger partial charge in [0.1, 0.15) is 17.9 Å². The molecular formula is C44H44F4N6O4. The summed E-state index contributed by atoms with van der Waals surface area (Å²) in [4.78, 5) is 55.6. The number of nitrogens with one attached hydrogen (secondary N) is 2. The minimum atomic E-state index is -4.48. The number of carbonyl (C=O) groups excluding carboxylic acids is 3. The van der Waals surface area contributed by atoms with Crippen LogP contribution in [-0.2, 0) is 11.3 Å². The van der Waals surface area contributed by atoms with Crippen molar-refractivity contribution in [2.24, 2.45) is 5.92 Å². The first-order valence-corrected chi connectivity index (χ1v) is 19.5. The number of aromatic amines is 1. The number of fused-ring (bicyclic) bond motifs is 2. The highest BCUT2D eigenvalue weighted by atomic mass is 19.4. The quantitative estimate of drug-likeness (QED) is 0.0576. The average molecular weight is 797 g/mol. The van der Waals surface area contributed by atoms with Gasteiger partial charge in [-0.15, -0.1) is 0 Å². The summed E-state index contributed by atoms with van der Waals surface area (Å²) in [6, 6.07) is 27.6. The number of H-pyrrole nitrogens is 1. The fourth-order valence-electron chi connectivity index (χ4n) is 7.87. The van der Waals surface area contributed by atoms with Gasteiger partial charge in [-0.1, -0.05) is 55.5 Å². The van der Waals surface area contributed by atoms with E-state index in [4.69, 9.17) is 4.74 Å². The van der Waals surface area contributed by atoms with Crippen LogP contribution in [0.15, 0.2) is 97.1 Å². The number of imidazole rings is 2. The van der Waals surface area contributed by atoms with Crippen LogP contribution in [0.2, 0.25) is 0 Å². The van der Waals surface area contributed by atoms with Gasteiger partial charge < -0.3 is 24.5 Å². The average Bonchev–Trinajstić information content (AvgIpc) is 3.84. The second-order valence-electron chi connectivity index (χ2n) is 14.7. The highest BCUT2D eigenvalue weighted by Gasteiger charge is 2.33. The third kappa shape index (κ3) is 9.35. The zero-order valence-electron chi connectivity index (χ0n) is 32.0. The van der Waals surface area contributed by atoms with Crippen molar-refractivity contribution in [3.63, 3.8) is 0 Å². The van der Waals surface area contributed by atoms with Gasteiger partial charge in [0.05, 0.1) is 28.7 Å². The summed E-state index contributed by atoms with van der Waals surface area (Å²) in [5, 5.41) is 3.07. The fraction of sp³-hybridized carbons (Fsp3) is 0.341. The summed E-state index contributed by atoms with van der Waals surface area (Å²) in [5.41, 5.74) is 3.59. The predicted molar refractivity (Wildman–Crippen MR) is 211 cm³/mol. The van der Waals surface area contributed by atoms with Crippen LogP contribution in [0.5, 0.6) is 0 Å². The first kappa shape index (κ1) is 40.5. The second-order valence-corrected chi connectivity index (χ2v) is 14.7. The minimum absolute atomic E-state index is 0.0262. The number of rotatable bonds is 16. The van der Waals surface area contributed by atoms with E-state index in [0.717, 1.165) is 18.4 Å². The molecule has 2 aromatic heterocycles. The van der Waals surface area contributed by atoms with Crippen LogP contribution in [0, 0.1) is 11.7 Å². The van der Waals surface area contributed by atoms with Gasteiger partial charge >= 0.3 is 6.18 Å². The number of hydrogen-bond donors (Lipinski definition) is 2. The van der Waals surface area contributed by atoms with Crippen LogP contribution in [0.4, 0.5) is 17.6 Å². The minimum Gasteiger partial charge on any atom is -0.370 e. The van der Waals surface area contributed by atoms with E-state index in [9.17, 15) is 31.9 Å². The molecule has 1 amide bonds. The standard InChI is InChI=1S/C44H44F4N6O4/c1-2-33(25-31(28-15-17-32(45)18-16-28)26-49-43(57)30-9-4-3-5-10-30)53-21-19-29(20-22-53)39(55)41-50-36-13-8-11-34(38(36)52-41)40(56)42-51-35-12-6-7-14-37(35)54(42)23-24-58-27-44(46,47)48/h3-18,29,31,33H,2,19-27H2,1H3,(H,49,57)(H,50,52). The lowest BCUT2D eigenvalue weighted by Crippen LogP contribution is -2.44. The van der Waals surface area contributed by atoms with Gasteiger partial charge in [0.2, 0.25) is 11.6 Å². The van der Waals surface area contributed by atoms with Crippen LogP contribution in [0.25, 0.3) is 22.1 Å². The summed E-state index contributed by atoms with van der Waals surface area (Å²) in [5.74, 6) is -1.31. The Hall–Kier alpha value is -5.73. The number of amides is 1. The Morgan fingerprint density at radius 1 is 0.914 bits per heavy atom. The molecule has 3 heterocycles. The molecule has 1 aliphatic heterocycles. The van der Waals surface area contributed by atoms with Crippen molar-refractivity contribution in [2.45, 2.75) is 57.3 Å². The smallest absolute Gasteiger partial charge is 0.370 e. The number of nitrogens with zero attached hydrogens (tertiary/aromatic N) is 4. The van der Waals surface area contributed by atoms with E-state index in [1.54, 1.807) is 71.3 Å². The SMILES string of the molecule is CCC(CC(CNC(=O)c1ccccc1)c1ccc(F)cc1)N1CCC(C(=O)c2nc3c(C(=O)c4nc5ccccc5n4CCOCC(F)(F)F)cccc3[nH]2)CC1. The molecule has 2 N–H and O–H groups in total. The lowest BCUT2D eigenvalue weighted by molar-refractivity contribution is -0.174. The molecule has 1 fully saturated rings. The molecule has 7 rings (SSSR count). The number of para-hydroxylation sites is 3. The normalized spacial score (nSPS) is 15.1. The van der Waals surface area contributed by atoms with Crippen LogP contribution in [0.3, 0.4) is 0 Å². The summed E-state index contributed by atoms with van der Waals surface area (Å²) in [6.45, 7) is 2.13. The molecule has 0 aliphatic carbocycles. The predicted octanol–water partition coefficient (Wildman–Crippen LogP) is 8.14. The molecule has 302 valence electrons. The van der Waals surface area contributed by atoms with Crippen molar-refractivity contribution in [2.75, 3.05) is 32.8 Å². The molecule has 10 nitrogen and oxygen atoms in total. The van der Waals surface area contributed by atoms with Crippen molar-refractivity contribution < 1.29 is 36.7 Å². The Labute approximate surface area is 332 Å². The Kier molecular flexibility index (Phi) is 12.4. The van der Waals surface area contributed by atoms with Crippen LogP contribution in [0.1, 0.15) is 81.2 Å². The summed E-state index contributed by atoms with van der Waals surface area (Å²) >= 11 is 0. The van der Waals surface area contributed by atoms with E-state index in [-0.39, 0.29) is 65.7 Å². The van der Waals surface area contributed by atoms with E-state index in [0.29, 0.717) is 60.1 Å². The number of carbonyl (C=O) groups is 3. The number of ketones is 2. The van der Waals surface area contributed by atoms with E-state index in [2.05, 4.69) is 32.1 Å². The second kappa shape index (κ2) is 17.8. The molecule has 0 bridgehead atoms. The third-order valence-corrected chi connectivity index (χ3v) is 10.9. The van der Waals surface area contributed by atoms with E-state index >= 15 is 0 Å². The summed E-state index contributed by atoms with van der Waals surface area (Å²) in [6.07, 6.45) is -1.70. The highest BCUT2D eigenvalue weighted by Crippen LogP contribution is 2.30. The zero-order chi connectivity index (χ0) is 40.8. The molecule has 4 aromatic carbocycles. The Bertz CT molecular complexity index is 2370. The van der Waals surface area contributed by atoms with Crippen LogP contribution >= 0.6 is 0 Å². The number of hydrogen-bond acceptors (Lipinski definition) is 7. The molecular weight excluding hydrogens is 753 g/mol. The van der Waals surface area contributed by atoms with Crippen LogP contribution < -0.4 is 5.32 Å². The molecule has 58 heavy (non-hydrogen) atoms. The number of Topliss-reactive ketones (excluding diaryl/α,β-unsaturated/α-hetero) is 1. The van der Waals surface area contributed by atoms with E-state index in [1.807, 2.05) is 18.2 Å². The van der Waals surface area contributed by atoms with Crippen molar-refractivity contribution in [3.05, 3.63) is 131 Å². The van der Waals surface area contributed by atoms with Gasteiger partial charge in [-0.3, -0.25) is 14.4 Å². The third-order valence-electron chi connectivity index (χ3n) is 10.9. The first-order valence-electron chi connectivity index (χ1n) is 19.5. The zero-order valence-corrected chi connectivity index (χ0v) is 32.0. The lowest BCUT2D eigenvalue weighted by atomic mass is 9.87. The summed E-state index contributed by atoms with van der Waals surface area (Å²) in [7, 11) is 0. The number of ether oxygens (including phenoxy) is 1. The number of benzene rings is 4. The first-order chi connectivity index (χ1) is 28.0. The van der Waals surface area contributed by atoms with Gasteiger partial charge in [0.15, 0.2) is 11.6 Å². The Morgan fingerprint density at radius 2 is 1.64 bits per heavy atom. The van der Waals surface area contributed by atoms with Crippen molar-refractivity contribution in [1.82, 2.24) is 29.7 Å². The maximum atomic E-state index is 14.1. The monoisotopic (exact) mass is 796 g/mol. The molecule has 6 aromatic rings. The fourth-order valence-corrected chi connectivity index (χ4v) is 7.87. The molecule has 14 heteroatoms. The van der Waals surface area contributed by atoms with Gasteiger partial charge in [-0.05, 0) is 92.9 Å². The van der Waals surface area contributed by atoms with Crippen LogP contribution in [-0.4, -0.2) is 87.0 Å². The topological polar surface area (TPSA) is 122 Å². The number of aromatic nitrogens is 4.